The van der Waals surface area contributed by atoms with Gasteiger partial charge in [0.05, 0.1) is 32.2 Å². The monoisotopic (exact) mass is 655 g/mol. The Balaban J connectivity index is 0.000000277. The fourth-order valence-corrected chi connectivity index (χ4v) is 6.04. The van der Waals surface area contributed by atoms with Crippen LogP contribution in [0.4, 0.5) is 15.4 Å². The first-order valence-electron chi connectivity index (χ1n) is 16.2. The number of carbonyl (C=O) groups is 3. The molecule has 2 aliphatic rings. The summed E-state index contributed by atoms with van der Waals surface area (Å²) in [5.74, 6) is 2.01. The van der Waals surface area contributed by atoms with Gasteiger partial charge in [-0.15, -0.1) is 0 Å². The zero-order chi connectivity index (χ0) is 35.0. The number of ether oxygens (including phenoxy) is 4. The molecule has 0 saturated carbocycles. The lowest BCUT2D eigenvalue weighted by molar-refractivity contribution is -0.165. The Bertz CT molecular complexity index is 1380. The molecule has 2 N–H and O–H groups in total. The molecule has 47 heavy (non-hydrogen) atoms. The molecule has 0 spiro atoms. The number of nitrogens with one attached hydrogen (secondary N) is 2. The summed E-state index contributed by atoms with van der Waals surface area (Å²) in [4.78, 5) is 45.5. The molecule has 12 heteroatoms. The first kappa shape index (κ1) is 37.5. The molecule has 2 aliphatic heterocycles. The standard InChI is InChI=1S/C21H28N4O3.C14H25NO4/c1-14(2)10-21(11-22-12-21)13-28-18-6-5-17(24-15(18)3)16-7-8-23-19(9-16)25-20(26)27-4;1-10(2)7-14(11(16)18-6)8-15(9-14)12(17)19-13(3,4)5/h5-9,14,22H,10-13H2,1-4H3,(H,23,25,26);10H,7-9H2,1-6H3. The van der Waals surface area contributed by atoms with E-state index in [1.807, 2.05) is 45.9 Å². The maximum atomic E-state index is 11.9. The zero-order valence-corrected chi connectivity index (χ0v) is 29.7. The van der Waals surface area contributed by atoms with Crippen molar-refractivity contribution >= 4 is 24.0 Å². The number of aryl methyl sites for hydroxylation is 1. The van der Waals surface area contributed by atoms with Crippen LogP contribution in [0.25, 0.3) is 11.3 Å². The predicted molar refractivity (Wildman–Crippen MR) is 180 cm³/mol. The van der Waals surface area contributed by atoms with E-state index < -0.39 is 17.1 Å². The SMILES string of the molecule is COC(=O)C1(CC(C)C)CN(C(=O)OC(C)(C)C)C1.COC(=O)Nc1cc(-c2ccc(OCC3(CC(C)C)CNC3)c(C)n2)ccn1. The van der Waals surface area contributed by atoms with Gasteiger partial charge in [0.25, 0.3) is 0 Å². The predicted octanol–water partition coefficient (Wildman–Crippen LogP) is 6.09. The summed E-state index contributed by atoms with van der Waals surface area (Å²) >= 11 is 0. The number of hydrogen-bond donors (Lipinski definition) is 2. The number of pyridine rings is 2. The molecule has 12 nitrogen and oxygen atoms in total. The first-order valence-corrected chi connectivity index (χ1v) is 16.2. The molecule has 2 aromatic rings. The van der Waals surface area contributed by atoms with Crippen LogP contribution in [0.2, 0.25) is 0 Å². The molecule has 0 radical (unpaired) electrons. The van der Waals surface area contributed by atoms with E-state index in [0.717, 1.165) is 48.6 Å². The number of likely N-dealkylation sites (tertiary alicyclic amines) is 1. The van der Waals surface area contributed by atoms with Crippen molar-refractivity contribution in [1.82, 2.24) is 20.2 Å². The van der Waals surface area contributed by atoms with Crippen LogP contribution < -0.4 is 15.4 Å². The van der Waals surface area contributed by atoms with Gasteiger partial charge >= 0.3 is 18.2 Å². The third-order valence-corrected chi connectivity index (χ3v) is 7.94. The molecule has 4 heterocycles. The van der Waals surface area contributed by atoms with Crippen molar-refractivity contribution < 1.29 is 33.3 Å². The number of rotatable bonds is 10. The lowest BCUT2D eigenvalue weighted by atomic mass is 9.74. The van der Waals surface area contributed by atoms with Crippen molar-refractivity contribution in [2.75, 3.05) is 52.3 Å². The molecule has 0 unspecified atom stereocenters. The fraction of sp³-hybridized carbons (Fsp3) is 0.629. The fourth-order valence-electron chi connectivity index (χ4n) is 6.04. The topological polar surface area (TPSA) is 141 Å². The number of amides is 2. The van der Waals surface area contributed by atoms with Gasteiger partial charge < -0.3 is 29.2 Å². The lowest BCUT2D eigenvalue weighted by Gasteiger charge is -2.48. The van der Waals surface area contributed by atoms with Gasteiger partial charge in [-0.1, -0.05) is 27.7 Å². The molecule has 0 aliphatic carbocycles. The van der Waals surface area contributed by atoms with E-state index in [0.29, 0.717) is 37.4 Å². The van der Waals surface area contributed by atoms with Crippen LogP contribution in [0.3, 0.4) is 0 Å². The van der Waals surface area contributed by atoms with E-state index in [1.54, 1.807) is 17.2 Å². The highest BCUT2D eigenvalue weighted by atomic mass is 16.6. The first-order chi connectivity index (χ1) is 22.0. The third kappa shape index (κ3) is 10.5. The van der Waals surface area contributed by atoms with Crippen molar-refractivity contribution in [1.29, 1.82) is 0 Å². The van der Waals surface area contributed by atoms with Gasteiger partial charge in [0, 0.05) is 43.4 Å². The summed E-state index contributed by atoms with van der Waals surface area (Å²) < 4.78 is 20.9. The Morgan fingerprint density at radius 3 is 2.17 bits per heavy atom. The minimum atomic E-state index is -0.557. The zero-order valence-electron chi connectivity index (χ0n) is 29.7. The van der Waals surface area contributed by atoms with Gasteiger partial charge in [0.1, 0.15) is 22.6 Å². The summed E-state index contributed by atoms with van der Waals surface area (Å²) in [5.41, 5.74) is 1.64. The van der Waals surface area contributed by atoms with Crippen LogP contribution in [-0.4, -0.2) is 85.6 Å². The van der Waals surface area contributed by atoms with E-state index in [4.69, 9.17) is 14.2 Å². The van der Waals surface area contributed by atoms with Gasteiger partial charge in [-0.3, -0.25) is 10.1 Å². The maximum absolute atomic E-state index is 11.9. The van der Waals surface area contributed by atoms with Crippen molar-refractivity contribution in [3.63, 3.8) is 0 Å². The van der Waals surface area contributed by atoms with Crippen LogP contribution in [0.1, 0.15) is 67.0 Å². The summed E-state index contributed by atoms with van der Waals surface area (Å²) in [7, 11) is 2.70. The van der Waals surface area contributed by atoms with Crippen LogP contribution in [0.5, 0.6) is 5.75 Å². The normalized spacial score (nSPS) is 16.2. The second kappa shape index (κ2) is 15.8. The Morgan fingerprint density at radius 1 is 1.00 bits per heavy atom. The molecule has 260 valence electrons. The number of anilines is 1. The largest absolute Gasteiger partial charge is 0.491 e. The highest BCUT2D eigenvalue weighted by Crippen LogP contribution is 2.39. The Kier molecular flexibility index (Phi) is 12.6. The molecule has 4 rings (SSSR count). The van der Waals surface area contributed by atoms with Crippen LogP contribution in [0.15, 0.2) is 30.5 Å². The van der Waals surface area contributed by atoms with Crippen molar-refractivity contribution in [3.05, 3.63) is 36.2 Å². The second-order valence-corrected chi connectivity index (χ2v) is 14.5. The molecular weight excluding hydrogens is 602 g/mol. The van der Waals surface area contributed by atoms with Gasteiger partial charge in [0.15, 0.2) is 0 Å². The van der Waals surface area contributed by atoms with E-state index in [2.05, 4.69) is 53.0 Å². The summed E-state index contributed by atoms with van der Waals surface area (Å²) in [6, 6.07) is 7.49. The van der Waals surface area contributed by atoms with E-state index in [1.165, 1.54) is 14.2 Å². The molecular formula is C35H53N5O7. The molecule has 2 fully saturated rings. The quantitative estimate of drug-likeness (QED) is 0.228. The van der Waals surface area contributed by atoms with Gasteiger partial charge in [-0.05, 0) is 76.6 Å². The lowest BCUT2D eigenvalue weighted by Crippen LogP contribution is -2.63. The molecule has 0 aromatic carbocycles. The number of hydrogen-bond acceptors (Lipinski definition) is 10. The number of esters is 1. The van der Waals surface area contributed by atoms with Gasteiger partial charge in [-0.25, -0.2) is 19.6 Å². The van der Waals surface area contributed by atoms with E-state index >= 15 is 0 Å². The van der Waals surface area contributed by atoms with E-state index in [9.17, 15) is 14.4 Å². The molecule has 0 atom stereocenters. The second-order valence-electron chi connectivity index (χ2n) is 14.5. The average molecular weight is 656 g/mol. The summed E-state index contributed by atoms with van der Waals surface area (Å²) in [5, 5.41) is 5.93. The Hall–Kier alpha value is -3.93. The van der Waals surface area contributed by atoms with Crippen molar-refractivity contribution in [2.24, 2.45) is 22.7 Å². The molecule has 2 amide bonds. The molecule has 2 aromatic heterocycles. The number of nitrogens with zero attached hydrogens (tertiary/aromatic N) is 3. The van der Waals surface area contributed by atoms with Crippen molar-refractivity contribution in [3.8, 4) is 17.0 Å². The smallest absolute Gasteiger partial charge is 0.412 e. The Labute approximate surface area is 279 Å². The number of aromatic nitrogens is 2. The van der Waals surface area contributed by atoms with Crippen LogP contribution in [-0.2, 0) is 19.0 Å². The third-order valence-electron chi connectivity index (χ3n) is 7.94. The number of methoxy groups -OCH3 is 2. The van der Waals surface area contributed by atoms with Gasteiger partial charge in [0.2, 0.25) is 0 Å². The van der Waals surface area contributed by atoms with Crippen LogP contribution in [0, 0.1) is 29.6 Å². The minimum Gasteiger partial charge on any atom is -0.491 e. The molecule has 2 saturated heterocycles. The summed E-state index contributed by atoms with van der Waals surface area (Å²) in [6.45, 7) is 19.5. The maximum Gasteiger partial charge on any atom is 0.412 e. The number of carbonyl (C=O) groups excluding carboxylic acids is 3. The van der Waals surface area contributed by atoms with Crippen molar-refractivity contribution in [2.45, 2.75) is 73.8 Å². The highest BCUT2D eigenvalue weighted by Gasteiger charge is 2.53. The van der Waals surface area contributed by atoms with E-state index in [-0.39, 0.29) is 17.5 Å². The molecule has 0 bridgehead atoms. The van der Waals surface area contributed by atoms with Crippen LogP contribution >= 0.6 is 0 Å². The summed E-state index contributed by atoms with van der Waals surface area (Å²) in [6.07, 6.45) is 2.58. The minimum absolute atomic E-state index is 0.221. The highest BCUT2D eigenvalue weighted by molar-refractivity contribution is 5.84. The Morgan fingerprint density at radius 2 is 1.66 bits per heavy atom. The van der Waals surface area contributed by atoms with Gasteiger partial charge in [-0.2, -0.15) is 0 Å². The average Bonchev–Trinajstić information content (AvgIpc) is 2.95.